The summed E-state index contributed by atoms with van der Waals surface area (Å²) in [5.41, 5.74) is 2.31. The van der Waals surface area contributed by atoms with Gasteiger partial charge in [0.25, 0.3) is 0 Å². The van der Waals surface area contributed by atoms with E-state index >= 15 is 0 Å². The molecule has 4 nitrogen and oxygen atoms in total. The predicted molar refractivity (Wildman–Crippen MR) is 66.8 cm³/mol. The van der Waals surface area contributed by atoms with Crippen LogP contribution in [0.5, 0.6) is 0 Å². The molecule has 84 valence electrons. The van der Waals surface area contributed by atoms with Gasteiger partial charge in [-0.15, -0.1) is 0 Å². The Balaban J connectivity index is 2.33. The SMILES string of the molecule is CON(c1ccccc1)c1ccc([N+]#N)cc1. The van der Waals surface area contributed by atoms with Crippen LogP contribution in [0.15, 0.2) is 54.6 Å². The molecule has 2 aromatic rings. The first-order valence-corrected chi connectivity index (χ1v) is 5.19. The average Bonchev–Trinajstić information content (AvgIpc) is 2.42. The molecule has 0 amide bonds. The Kier molecular flexibility index (Phi) is 3.34. The van der Waals surface area contributed by atoms with Crippen LogP contribution in [-0.2, 0) is 4.84 Å². The first-order chi connectivity index (χ1) is 8.35. The van der Waals surface area contributed by atoms with Crippen molar-refractivity contribution in [2.24, 2.45) is 0 Å². The Hall–Kier alpha value is -2.38. The van der Waals surface area contributed by atoms with Crippen LogP contribution < -0.4 is 5.06 Å². The third-order valence-corrected chi connectivity index (χ3v) is 2.37. The van der Waals surface area contributed by atoms with Crippen LogP contribution in [-0.4, -0.2) is 7.11 Å². The highest BCUT2D eigenvalue weighted by atomic mass is 16.7. The van der Waals surface area contributed by atoms with Crippen LogP contribution >= 0.6 is 0 Å². The lowest BCUT2D eigenvalue weighted by Gasteiger charge is -2.21. The molecule has 17 heavy (non-hydrogen) atoms. The molecule has 0 aromatic heterocycles. The van der Waals surface area contributed by atoms with Gasteiger partial charge in [0.15, 0.2) is 4.98 Å². The van der Waals surface area contributed by atoms with Crippen LogP contribution in [0.2, 0.25) is 0 Å². The van der Waals surface area contributed by atoms with Crippen molar-refractivity contribution in [3.63, 3.8) is 0 Å². The molecule has 0 N–H and O–H groups in total. The molecule has 0 bridgehead atoms. The molecule has 0 saturated heterocycles. The van der Waals surface area contributed by atoms with E-state index in [-0.39, 0.29) is 0 Å². The first kappa shape index (κ1) is 11.1. The molecule has 4 heteroatoms. The summed E-state index contributed by atoms with van der Waals surface area (Å²) in [6, 6.07) is 16.8. The van der Waals surface area contributed by atoms with Crippen molar-refractivity contribution < 1.29 is 4.84 Å². The number of nitrogens with zero attached hydrogens (tertiary/aromatic N) is 3. The second kappa shape index (κ2) is 5.10. The summed E-state index contributed by atoms with van der Waals surface area (Å²) in [7, 11) is 1.61. The van der Waals surface area contributed by atoms with Gasteiger partial charge in [-0.3, -0.25) is 4.84 Å². The van der Waals surface area contributed by atoms with Gasteiger partial charge in [-0.25, -0.2) is 5.06 Å². The summed E-state index contributed by atoms with van der Waals surface area (Å²) in [5, 5.41) is 10.3. The summed E-state index contributed by atoms with van der Waals surface area (Å²) < 4.78 is 0. The highest BCUT2D eigenvalue weighted by Gasteiger charge is 2.10. The molecule has 0 aliphatic carbocycles. The Morgan fingerprint density at radius 1 is 0.941 bits per heavy atom. The number of rotatable bonds is 3. The Bertz CT molecular complexity index is 517. The number of diazo groups is 1. The van der Waals surface area contributed by atoms with Crippen molar-refractivity contribution in [3.8, 4) is 0 Å². The number of para-hydroxylation sites is 1. The number of hydrogen-bond acceptors (Lipinski definition) is 3. The van der Waals surface area contributed by atoms with Gasteiger partial charge < -0.3 is 0 Å². The summed E-state index contributed by atoms with van der Waals surface area (Å²) >= 11 is 0. The molecular weight excluding hydrogens is 214 g/mol. The van der Waals surface area contributed by atoms with Crippen molar-refractivity contribution in [3.05, 3.63) is 59.6 Å². The van der Waals surface area contributed by atoms with Gasteiger partial charge in [0.2, 0.25) is 5.39 Å². The van der Waals surface area contributed by atoms with E-state index in [4.69, 9.17) is 10.2 Å². The highest BCUT2D eigenvalue weighted by molar-refractivity contribution is 5.63. The third kappa shape index (κ3) is 2.41. The topological polar surface area (TPSA) is 40.6 Å². The van der Waals surface area contributed by atoms with Gasteiger partial charge in [-0.2, -0.15) is 0 Å². The summed E-state index contributed by atoms with van der Waals surface area (Å²) in [4.78, 5) is 8.45. The molecule has 2 aromatic carbocycles. The molecule has 0 heterocycles. The fraction of sp³-hybridized carbons (Fsp3) is 0.0769. The van der Waals surface area contributed by atoms with Crippen LogP contribution in [0, 0.1) is 5.39 Å². The molecule has 0 unspecified atom stereocenters. The van der Waals surface area contributed by atoms with E-state index < -0.39 is 0 Å². The Labute approximate surface area is 99.6 Å². The zero-order chi connectivity index (χ0) is 12.1. The van der Waals surface area contributed by atoms with E-state index in [0.717, 1.165) is 11.4 Å². The van der Waals surface area contributed by atoms with E-state index in [1.54, 1.807) is 24.3 Å². The number of benzene rings is 2. The van der Waals surface area contributed by atoms with Gasteiger partial charge in [0, 0.05) is 12.1 Å². The first-order valence-electron chi connectivity index (χ1n) is 5.19. The molecule has 0 aliphatic heterocycles. The summed E-state index contributed by atoms with van der Waals surface area (Å²) in [5.74, 6) is 0. The van der Waals surface area contributed by atoms with Gasteiger partial charge in [0.1, 0.15) is 0 Å². The summed E-state index contributed by atoms with van der Waals surface area (Å²) in [6.45, 7) is 0. The van der Waals surface area contributed by atoms with Crippen LogP contribution in [0.4, 0.5) is 17.1 Å². The maximum Gasteiger partial charge on any atom is 0.385 e. The molecule has 0 radical (unpaired) electrons. The lowest BCUT2D eigenvalue weighted by atomic mass is 10.2. The second-order valence-corrected chi connectivity index (χ2v) is 3.43. The normalized spacial score (nSPS) is 9.65. The minimum Gasteiger partial charge on any atom is -0.272 e. The molecule has 0 fully saturated rings. The van der Waals surface area contributed by atoms with Crippen molar-refractivity contribution in [2.45, 2.75) is 0 Å². The quantitative estimate of drug-likeness (QED) is 0.589. The fourth-order valence-electron chi connectivity index (χ4n) is 1.58. The smallest absolute Gasteiger partial charge is 0.272 e. The molecular formula is C13H12N3O+. The Morgan fingerprint density at radius 2 is 1.53 bits per heavy atom. The van der Waals surface area contributed by atoms with E-state index in [9.17, 15) is 0 Å². The van der Waals surface area contributed by atoms with Crippen LogP contribution in [0.1, 0.15) is 0 Å². The molecule has 0 atom stereocenters. The fourth-order valence-corrected chi connectivity index (χ4v) is 1.58. The monoisotopic (exact) mass is 226 g/mol. The largest absolute Gasteiger partial charge is 0.385 e. The highest BCUT2D eigenvalue weighted by Crippen LogP contribution is 2.26. The molecule has 2 rings (SSSR count). The maximum atomic E-state index is 8.62. The zero-order valence-electron chi connectivity index (χ0n) is 9.45. The third-order valence-electron chi connectivity index (χ3n) is 2.37. The standard InChI is InChI=1S/C13H12N3O/c1-17-16(12-5-3-2-4-6-12)13-9-7-11(15-14)8-10-13/h2-10H,1H3/q+1. The van der Waals surface area contributed by atoms with Gasteiger partial charge >= 0.3 is 5.69 Å². The van der Waals surface area contributed by atoms with Crippen LogP contribution in [0.25, 0.3) is 4.98 Å². The van der Waals surface area contributed by atoms with E-state index in [2.05, 4.69) is 4.98 Å². The van der Waals surface area contributed by atoms with E-state index in [1.807, 2.05) is 42.5 Å². The second-order valence-electron chi connectivity index (χ2n) is 3.43. The van der Waals surface area contributed by atoms with Gasteiger partial charge in [-0.1, -0.05) is 18.2 Å². The molecule has 0 spiro atoms. The average molecular weight is 226 g/mol. The van der Waals surface area contributed by atoms with Crippen molar-refractivity contribution >= 4 is 17.1 Å². The predicted octanol–water partition coefficient (Wildman–Crippen LogP) is 3.87. The number of hydrogen-bond donors (Lipinski definition) is 0. The maximum absolute atomic E-state index is 8.62. The summed E-state index contributed by atoms with van der Waals surface area (Å²) in [6.07, 6.45) is 0. The molecule has 0 saturated carbocycles. The van der Waals surface area contributed by atoms with E-state index in [1.165, 1.54) is 0 Å². The molecule has 0 aliphatic rings. The minimum absolute atomic E-state index is 0.512. The number of anilines is 2. The zero-order valence-corrected chi connectivity index (χ0v) is 9.45. The lowest BCUT2D eigenvalue weighted by Crippen LogP contribution is -2.14. The minimum atomic E-state index is 0.512. The van der Waals surface area contributed by atoms with E-state index in [0.29, 0.717) is 5.69 Å². The lowest BCUT2D eigenvalue weighted by molar-refractivity contribution is 0.201. The Morgan fingerprint density at radius 3 is 2.06 bits per heavy atom. The van der Waals surface area contributed by atoms with Gasteiger partial charge in [-0.05, 0) is 24.3 Å². The van der Waals surface area contributed by atoms with Crippen molar-refractivity contribution in [1.82, 2.24) is 0 Å². The van der Waals surface area contributed by atoms with Gasteiger partial charge in [0.05, 0.1) is 18.5 Å². The van der Waals surface area contributed by atoms with Crippen molar-refractivity contribution in [2.75, 3.05) is 12.2 Å². The van der Waals surface area contributed by atoms with Crippen molar-refractivity contribution in [1.29, 1.82) is 5.39 Å². The van der Waals surface area contributed by atoms with Crippen LogP contribution in [0.3, 0.4) is 0 Å².